The van der Waals surface area contributed by atoms with Gasteiger partial charge in [0.2, 0.25) is 5.91 Å². The molecule has 5 heteroatoms. The van der Waals surface area contributed by atoms with Gasteiger partial charge in [0.15, 0.2) is 0 Å². The fourth-order valence-electron chi connectivity index (χ4n) is 3.49. The number of nitrogens with zero attached hydrogens (tertiary/aromatic N) is 2. The molecular weight excluding hydrogens is 268 g/mol. The summed E-state index contributed by atoms with van der Waals surface area (Å²) in [5.41, 5.74) is 0. The van der Waals surface area contributed by atoms with Gasteiger partial charge in [-0.3, -0.25) is 14.5 Å². The van der Waals surface area contributed by atoms with Crippen molar-refractivity contribution in [2.24, 2.45) is 11.8 Å². The predicted molar refractivity (Wildman–Crippen MR) is 81.0 cm³/mol. The number of hydrogen-bond acceptors (Lipinski definition) is 3. The van der Waals surface area contributed by atoms with Crippen LogP contribution in [0.25, 0.3) is 0 Å². The van der Waals surface area contributed by atoms with Crippen molar-refractivity contribution >= 4 is 11.9 Å². The molecular formula is C16H28N2O3. The van der Waals surface area contributed by atoms with E-state index in [0.717, 1.165) is 45.4 Å². The smallest absolute Gasteiger partial charge is 0.306 e. The molecule has 0 bridgehead atoms. The van der Waals surface area contributed by atoms with Crippen molar-refractivity contribution in [2.45, 2.75) is 52.0 Å². The molecule has 2 rings (SSSR count). The van der Waals surface area contributed by atoms with E-state index >= 15 is 0 Å². The van der Waals surface area contributed by atoms with E-state index in [1.54, 1.807) is 0 Å². The maximum Gasteiger partial charge on any atom is 0.306 e. The summed E-state index contributed by atoms with van der Waals surface area (Å²) in [4.78, 5) is 27.9. The van der Waals surface area contributed by atoms with Crippen molar-refractivity contribution in [3.8, 4) is 0 Å². The molecule has 0 aromatic heterocycles. The zero-order valence-corrected chi connectivity index (χ0v) is 13.3. The summed E-state index contributed by atoms with van der Waals surface area (Å²) in [5.74, 6) is -0.641. The molecule has 1 aliphatic heterocycles. The molecule has 0 spiro atoms. The van der Waals surface area contributed by atoms with Crippen molar-refractivity contribution in [3.63, 3.8) is 0 Å². The first-order valence-corrected chi connectivity index (χ1v) is 8.28. The standard InChI is InChI=1S/C16H28N2O3/c1-3-12(2)17-8-10-18(11-9-17)15(19)13-4-6-14(7-5-13)16(20)21/h12-14H,3-11H2,1-2H3,(H,20,21). The molecule has 5 nitrogen and oxygen atoms in total. The van der Waals surface area contributed by atoms with Crippen LogP contribution in [-0.4, -0.2) is 59.0 Å². The number of hydrogen-bond donors (Lipinski definition) is 1. The van der Waals surface area contributed by atoms with Crippen LogP contribution in [0.15, 0.2) is 0 Å². The average molecular weight is 296 g/mol. The number of carboxylic acid groups (broad SMARTS) is 1. The minimum Gasteiger partial charge on any atom is -0.481 e. The molecule has 0 aromatic rings. The van der Waals surface area contributed by atoms with Crippen LogP contribution in [0, 0.1) is 11.8 Å². The lowest BCUT2D eigenvalue weighted by atomic mass is 9.81. The normalized spacial score (nSPS) is 29.1. The molecule has 21 heavy (non-hydrogen) atoms. The Morgan fingerprint density at radius 1 is 1.05 bits per heavy atom. The number of carbonyl (C=O) groups is 2. The highest BCUT2D eigenvalue weighted by atomic mass is 16.4. The molecule has 2 fully saturated rings. The molecule has 2 aliphatic rings. The fourth-order valence-corrected chi connectivity index (χ4v) is 3.49. The summed E-state index contributed by atoms with van der Waals surface area (Å²) >= 11 is 0. The summed E-state index contributed by atoms with van der Waals surface area (Å²) in [6.45, 7) is 8.01. The number of carboxylic acids is 1. The van der Waals surface area contributed by atoms with Crippen molar-refractivity contribution in [2.75, 3.05) is 26.2 Å². The van der Waals surface area contributed by atoms with Gasteiger partial charge < -0.3 is 10.0 Å². The monoisotopic (exact) mass is 296 g/mol. The lowest BCUT2D eigenvalue weighted by molar-refractivity contribution is -0.146. The number of piperazine rings is 1. The van der Waals surface area contributed by atoms with Gasteiger partial charge in [-0.1, -0.05) is 6.92 Å². The summed E-state index contributed by atoms with van der Waals surface area (Å²) in [6, 6.07) is 0.591. The highest BCUT2D eigenvalue weighted by molar-refractivity contribution is 5.79. The van der Waals surface area contributed by atoms with E-state index in [0.29, 0.717) is 18.9 Å². The van der Waals surface area contributed by atoms with Crippen LogP contribution in [0.2, 0.25) is 0 Å². The number of carbonyl (C=O) groups excluding carboxylic acids is 1. The van der Waals surface area contributed by atoms with Crippen LogP contribution >= 0.6 is 0 Å². The van der Waals surface area contributed by atoms with Crippen molar-refractivity contribution < 1.29 is 14.7 Å². The molecule has 1 atom stereocenters. The maximum absolute atomic E-state index is 12.5. The van der Waals surface area contributed by atoms with E-state index in [1.165, 1.54) is 0 Å². The van der Waals surface area contributed by atoms with Crippen LogP contribution in [0.5, 0.6) is 0 Å². The Bertz CT molecular complexity index is 370. The average Bonchev–Trinajstić information content (AvgIpc) is 2.53. The van der Waals surface area contributed by atoms with Crippen molar-refractivity contribution in [1.82, 2.24) is 9.80 Å². The van der Waals surface area contributed by atoms with Crippen LogP contribution in [0.3, 0.4) is 0 Å². The maximum atomic E-state index is 12.5. The SMILES string of the molecule is CCC(C)N1CCN(C(=O)C2CCC(C(=O)O)CC2)CC1. The minimum absolute atomic E-state index is 0.0516. The third-order valence-corrected chi connectivity index (χ3v) is 5.27. The van der Waals surface area contributed by atoms with Gasteiger partial charge in [0.1, 0.15) is 0 Å². The van der Waals surface area contributed by atoms with Crippen molar-refractivity contribution in [3.05, 3.63) is 0 Å². The van der Waals surface area contributed by atoms with Gasteiger partial charge in [-0.05, 0) is 39.0 Å². The lowest BCUT2D eigenvalue weighted by Gasteiger charge is -2.39. The largest absolute Gasteiger partial charge is 0.481 e. The van der Waals surface area contributed by atoms with E-state index in [9.17, 15) is 9.59 Å². The molecule has 1 saturated heterocycles. The Morgan fingerprint density at radius 2 is 1.57 bits per heavy atom. The molecule has 120 valence electrons. The van der Waals surface area contributed by atoms with Gasteiger partial charge in [-0.25, -0.2) is 0 Å². The second-order valence-corrected chi connectivity index (χ2v) is 6.51. The Morgan fingerprint density at radius 3 is 2.05 bits per heavy atom. The predicted octanol–water partition coefficient (Wildman–Crippen LogP) is 1.82. The second-order valence-electron chi connectivity index (χ2n) is 6.51. The number of aliphatic carboxylic acids is 1. The molecule has 1 aliphatic carbocycles. The fraction of sp³-hybridized carbons (Fsp3) is 0.875. The van der Waals surface area contributed by atoms with E-state index in [1.807, 2.05) is 4.90 Å². The first-order chi connectivity index (χ1) is 10.0. The first kappa shape index (κ1) is 16.3. The minimum atomic E-state index is -0.705. The Labute approximate surface area is 127 Å². The van der Waals surface area contributed by atoms with Gasteiger partial charge in [-0.2, -0.15) is 0 Å². The molecule has 1 saturated carbocycles. The van der Waals surface area contributed by atoms with Gasteiger partial charge in [0.05, 0.1) is 5.92 Å². The molecule has 1 heterocycles. The van der Waals surface area contributed by atoms with E-state index in [2.05, 4.69) is 18.7 Å². The number of amides is 1. The van der Waals surface area contributed by atoms with Crippen LogP contribution < -0.4 is 0 Å². The molecule has 0 radical (unpaired) electrons. The van der Waals surface area contributed by atoms with E-state index in [4.69, 9.17) is 5.11 Å². The first-order valence-electron chi connectivity index (χ1n) is 8.28. The zero-order chi connectivity index (χ0) is 15.4. The van der Waals surface area contributed by atoms with E-state index < -0.39 is 5.97 Å². The topological polar surface area (TPSA) is 60.9 Å². The van der Waals surface area contributed by atoms with E-state index in [-0.39, 0.29) is 17.7 Å². The molecule has 1 amide bonds. The zero-order valence-electron chi connectivity index (χ0n) is 13.3. The van der Waals surface area contributed by atoms with Gasteiger partial charge in [0, 0.05) is 38.1 Å². The number of rotatable bonds is 4. The highest BCUT2D eigenvalue weighted by Gasteiger charge is 2.33. The highest BCUT2D eigenvalue weighted by Crippen LogP contribution is 2.30. The Kier molecular flexibility index (Phi) is 5.62. The van der Waals surface area contributed by atoms with Crippen LogP contribution in [0.1, 0.15) is 46.0 Å². The third kappa shape index (κ3) is 3.96. The molecule has 1 N–H and O–H groups in total. The van der Waals surface area contributed by atoms with Gasteiger partial charge >= 0.3 is 5.97 Å². The summed E-state index contributed by atoms with van der Waals surface area (Å²) < 4.78 is 0. The van der Waals surface area contributed by atoms with Crippen molar-refractivity contribution in [1.29, 1.82) is 0 Å². The molecule has 1 unspecified atom stereocenters. The summed E-state index contributed by atoms with van der Waals surface area (Å²) in [5, 5.41) is 9.02. The Balaban J connectivity index is 1.79. The van der Waals surface area contributed by atoms with Crippen LogP contribution in [-0.2, 0) is 9.59 Å². The Hall–Kier alpha value is -1.10. The summed E-state index contributed by atoms with van der Waals surface area (Å²) in [6.07, 6.45) is 3.92. The van der Waals surface area contributed by atoms with Gasteiger partial charge in [0.25, 0.3) is 0 Å². The summed E-state index contributed by atoms with van der Waals surface area (Å²) in [7, 11) is 0. The molecule has 0 aromatic carbocycles. The van der Waals surface area contributed by atoms with Crippen LogP contribution in [0.4, 0.5) is 0 Å². The van der Waals surface area contributed by atoms with Gasteiger partial charge in [-0.15, -0.1) is 0 Å². The quantitative estimate of drug-likeness (QED) is 0.859. The third-order valence-electron chi connectivity index (χ3n) is 5.27. The lowest BCUT2D eigenvalue weighted by Crippen LogP contribution is -2.52. The second kappa shape index (κ2) is 7.25.